The van der Waals surface area contributed by atoms with E-state index < -0.39 is 23.6 Å². The van der Waals surface area contributed by atoms with Gasteiger partial charge in [0.15, 0.2) is 0 Å². The van der Waals surface area contributed by atoms with Crippen molar-refractivity contribution in [2.24, 2.45) is 0 Å². The number of morpholine rings is 1. The van der Waals surface area contributed by atoms with Crippen LogP contribution in [-0.2, 0) is 4.74 Å². The third-order valence-electron chi connectivity index (χ3n) is 3.17. The van der Waals surface area contributed by atoms with Crippen molar-refractivity contribution < 1.29 is 23.4 Å². The summed E-state index contributed by atoms with van der Waals surface area (Å²) in [6.45, 7) is 0.612. The van der Waals surface area contributed by atoms with Gasteiger partial charge in [0.25, 0.3) is 5.91 Å². The maximum Gasteiger partial charge on any atom is 0.254 e. The van der Waals surface area contributed by atoms with Crippen molar-refractivity contribution >= 4 is 11.6 Å². The van der Waals surface area contributed by atoms with Crippen molar-refractivity contribution in [3.8, 4) is 0 Å². The summed E-state index contributed by atoms with van der Waals surface area (Å²) >= 11 is 0. The van der Waals surface area contributed by atoms with Crippen LogP contribution in [0.5, 0.6) is 0 Å². The molecule has 1 fully saturated rings. The van der Waals surface area contributed by atoms with E-state index in [1.807, 2.05) is 0 Å². The number of ether oxygens (including phenoxy) is 1. The number of hydrogen-bond donors (Lipinski definition) is 2. The van der Waals surface area contributed by atoms with E-state index in [0.29, 0.717) is 6.54 Å². The molecule has 5 nitrogen and oxygen atoms in total. The zero-order chi connectivity index (χ0) is 14.7. The highest BCUT2D eigenvalue weighted by atomic mass is 19.1. The number of amides is 1. The van der Waals surface area contributed by atoms with Crippen molar-refractivity contribution in [2.75, 3.05) is 38.7 Å². The van der Waals surface area contributed by atoms with Gasteiger partial charge in [-0.05, 0) is 12.1 Å². The maximum atomic E-state index is 13.6. The largest absolute Gasteiger partial charge is 0.394 e. The molecule has 2 rings (SSSR count). The lowest BCUT2D eigenvalue weighted by atomic mass is 10.1. The average molecular weight is 286 g/mol. The van der Waals surface area contributed by atoms with Crippen LogP contribution in [0.15, 0.2) is 12.1 Å². The fourth-order valence-corrected chi connectivity index (χ4v) is 2.13. The number of carbonyl (C=O) groups excluding carboxylic acids is 1. The van der Waals surface area contributed by atoms with Crippen LogP contribution in [0.4, 0.5) is 14.5 Å². The van der Waals surface area contributed by atoms with Gasteiger partial charge in [0.05, 0.1) is 19.3 Å². The Balaban J connectivity index is 2.21. The number of anilines is 1. The molecule has 1 heterocycles. The molecule has 0 bridgehead atoms. The number of benzene rings is 1. The Bertz CT molecular complexity index is 487. The first-order chi connectivity index (χ1) is 9.56. The Morgan fingerprint density at radius 2 is 2.15 bits per heavy atom. The van der Waals surface area contributed by atoms with Crippen LogP contribution in [0.1, 0.15) is 10.4 Å². The highest BCUT2D eigenvalue weighted by Crippen LogP contribution is 2.21. The van der Waals surface area contributed by atoms with Crippen LogP contribution in [0, 0.1) is 11.6 Å². The van der Waals surface area contributed by atoms with E-state index in [1.165, 1.54) is 11.9 Å². The smallest absolute Gasteiger partial charge is 0.254 e. The molecule has 1 aliphatic rings. The van der Waals surface area contributed by atoms with Gasteiger partial charge in [0, 0.05) is 25.7 Å². The van der Waals surface area contributed by atoms with E-state index in [0.717, 1.165) is 12.1 Å². The minimum Gasteiger partial charge on any atom is -0.394 e. The van der Waals surface area contributed by atoms with Gasteiger partial charge in [-0.1, -0.05) is 0 Å². The molecular weight excluding hydrogens is 270 g/mol. The Hall–Kier alpha value is -1.73. The normalized spacial score (nSPS) is 19.0. The Labute approximate surface area is 115 Å². The average Bonchev–Trinajstić information content (AvgIpc) is 2.46. The number of hydrogen-bond acceptors (Lipinski definition) is 4. The molecule has 20 heavy (non-hydrogen) atoms. The van der Waals surface area contributed by atoms with Crippen LogP contribution >= 0.6 is 0 Å². The molecule has 1 atom stereocenters. The Morgan fingerprint density at radius 3 is 2.70 bits per heavy atom. The second-order valence-electron chi connectivity index (χ2n) is 4.49. The van der Waals surface area contributed by atoms with E-state index in [9.17, 15) is 13.6 Å². The predicted molar refractivity (Wildman–Crippen MR) is 68.6 cm³/mol. The van der Waals surface area contributed by atoms with Gasteiger partial charge in [-0.2, -0.15) is 0 Å². The molecule has 2 N–H and O–H groups in total. The number of halogens is 2. The molecule has 1 aromatic rings. The van der Waals surface area contributed by atoms with Crippen molar-refractivity contribution in [1.29, 1.82) is 0 Å². The van der Waals surface area contributed by atoms with Gasteiger partial charge in [-0.3, -0.25) is 4.79 Å². The molecule has 0 saturated carbocycles. The molecule has 0 spiro atoms. The molecule has 0 radical (unpaired) electrons. The van der Waals surface area contributed by atoms with Gasteiger partial charge in [0.2, 0.25) is 0 Å². The molecule has 1 aromatic carbocycles. The summed E-state index contributed by atoms with van der Waals surface area (Å²) in [6, 6.07) is 2.00. The summed E-state index contributed by atoms with van der Waals surface area (Å²) in [6.07, 6.45) is -0.459. The van der Waals surface area contributed by atoms with Crippen molar-refractivity contribution in [3.05, 3.63) is 29.3 Å². The molecule has 110 valence electrons. The standard InChI is InChI=1S/C13H16F2N2O3/c1-16-12-10(14)4-8(5-11(12)15)13(19)17-2-3-20-9(6-17)7-18/h4-5,9,16,18H,2-3,6-7H2,1H3. The number of aliphatic hydroxyl groups is 1. The SMILES string of the molecule is CNc1c(F)cc(C(=O)N2CCOC(CO)C2)cc1F. The van der Waals surface area contributed by atoms with Crippen LogP contribution in [-0.4, -0.2) is 55.4 Å². The molecule has 1 saturated heterocycles. The first-order valence-electron chi connectivity index (χ1n) is 6.25. The topological polar surface area (TPSA) is 61.8 Å². The number of nitrogens with zero attached hydrogens (tertiary/aromatic N) is 1. The number of nitrogens with one attached hydrogen (secondary N) is 1. The molecule has 7 heteroatoms. The molecule has 1 amide bonds. The highest BCUT2D eigenvalue weighted by molar-refractivity contribution is 5.94. The van der Waals surface area contributed by atoms with Crippen LogP contribution < -0.4 is 5.32 Å². The number of rotatable bonds is 3. The van der Waals surface area contributed by atoms with E-state index >= 15 is 0 Å². The zero-order valence-corrected chi connectivity index (χ0v) is 11.0. The van der Waals surface area contributed by atoms with Gasteiger partial charge in [0.1, 0.15) is 17.3 Å². The Morgan fingerprint density at radius 1 is 1.50 bits per heavy atom. The number of carbonyl (C=O) groups is 1. The minimum atomic E-state index is -0.817. The number of aliphatic hydroxyl groups excluding tert-OH is 1. The van der Waals surface area contributed by atoms with Crippen molar-refractivity contribution in [2.45, 2.75) is 6.10 Å². The molecule has 1 unspecified atom stereocenters. The lowest BCUT2D eigenvalue weighted by molar-refractivity contribution is -0.0447. The third kappa shape index (κ3) is 2.88. The van der Waals surface area contributed by atoms with Gasteiger partial charge in [-0.25, -0.2) is 8.78 Å². The van der Waals surface area contributed by atoms with Crippen LogP contribution in [0.25, 0.3) is 0 Å². The minimum absolute atomic E-state index is 0.0578. The fourth-order valence-electron chi connectivity index (χ4n) is 2.13. The predicted octanol–water partition coefficient (Wildman–Crippen LogP) is 0.840. The zero-order valence-electron chi connectivity index (χ0n) is 11.0. The fraction of sp³-hybridized carbons (Fsp3) is 0.462. The molecular formula is C13H16F2N2O3. The third-order valence-corrected chi connectivity index (χ3v) is 3.17. The lowest BCUT2D eigenvalue weighted by Gasteiger charge is -2.32. The Kier molecular flexibility index (Phi) is 4.51. The van der Waals surface area contributed by atoms with E-state index in [4.69, 9.17) is 9.84 Å². The van der Waals surface area contributed by atoms with Gasteiger partial charge < -0.3 is 20.1 Å². The summed E-state index contributed by atoms with van der Waals surface area (Å²) in [5.74, 6) is -2.11. The molecule has 0 aromatic heterocycles. The maximum absolute atomic E-state index is 13.6. The van der Waals surface area contributed by atoms with Crippen LogP contribution in [0.2, 0.25) is 0 Å². The summed E-state index contributed by atoms with van der Waals surface area (Å²) in [5.41, 5.74) is -0.325. The first kappa shape index (κ1) is 14.7. The summed E-state index contributed by atoms with van der Waals surface area (Å²) < 4.78 is 32.5. The van der Waals surface area contributed by atoms with Crippen molar-refractivity contribution in [1.82, 2.24) is 4.90 Å². The van der Waals surface area contributed by atoms with E-state index in [2.05, 4.69) is 5.32 Å². The lowest BCUT2D eigenvalue weighted by Crippen LogP contribution is -2.46. The van der Waals surface area contributed by atoms with Gasteiger partial charge in [-0.15, -0.1) is 0 Å². The summed E-state index contributed by atoms with van der Waals surface area (Å²) in [7, 11) is 1.40. The second kappa shape index (κ2) is 6.15. The van der Waals surface area contributed by atoms with E-state index in [1.54, 1.807) is 0 Å². The van der Waals surface area contributed by atoms with Crippen molar-refractivity contribution in [3.63, 3.8) is 0 Å². The highest BCUT2D eigenvalue weighted by Gasteiger charge is 2.25. The quantitative estimate of drug-likeness (QED) is 0.864. The second-order valence-corrected chi connectivity index (χ2v) is 4.49. The molecule has 1 aliphatic heterocycles. The van der Waals surface area contributed by atoms with E-state index in [-0.39, 0.29) is 31.0 Å². The summed E-state index contributed by atoms with van der Waals surface area (Å²) in [5, 5.41) is 11.4. The van der Waals surface area contributed by atoms with Crippen LogP contribution in [0.3, 0.4) is 0 Å². The monoisotopic (exact) mass is 286 g/mol. The summed E-state index contributed by atoms with van der Waals surface area (Å²) in [4.78, 5) is 13.6. The first-order valence-corrected chi connectivity index (χ1v) is 6.25. The van der Waals surface area contributed by atoms with Gasteiger partial charge >= 0.3 is 0 Å². The molecule has 0 aliphatic carbocycles.